The standard InChI is InChI=1S/C18H19NO3S/c1-11-16(18(21)22-17(11)19-12(2)20)15-5-3-13(4-6-15)14-7-9-23-10-8-14/h3-7,9,14,17H,8,10H2,1-2H3,(H,19,20)/t14?,17-/m1/s1. The maximum absolute atomic E-state index is 12.1. The Bertz CT molecular complexity index is 691. The largest absolute Gasteiger partial charge is 0.434 e. The second-order valence-corrected chi connectivity index (χ2v) is 6.77. The molecule has 1 unspecified atom stereocenters. The van der Waals surface area contributed by atoms with Crippen molar-refractivity contribution >= 4 is 29.2 Å². The van der Waals surface area contributed by atoms with Crippen LogP contribution in [0.5, 0.6) is 0 Å². The van der Waals surface area contributed by atoms with E-state index in [1.54, 1.807) is 0 Å². The zero-order valence-electron chi connectivity index (χ0n) is 13.2. The van der Waals surface area contributed by atoms with Crippen LogP contribution in [0.25, 0.3) is 5.57 Å². The summed E-state index contributed by atoms with van der Waals surface area (Å²) < 4.78 is 5.24. The molecule has 0 saturated carbocycles. The molecular formula is C18H19NO3S. The van der Waals surface area contributed by atoms with Crippen molar-refractivity contribution in [2.45, 2.75) is 32.4 Å². The molecule has 0 aliphatic carbocycles. The van der Waals surface area contributed by atoms with Crippen molar-refractivity contribution < 1.29 is 14.3 Å². The summed E-state index contributed by atoms with van der Waals surface area (Å²) in [4.78, 5) is 23.3. The fourth-order valence-electron chi connectivity index (χ4n) is 2.90. The summed E-state index contributed by atoms with van der Waals surface area (Å²) >= 11 is 1.84. The molecule has 1 aromatic rings. The second-order valence-electron chi connectivity index (χ2n) is 5.76. The molecule has 0 fully saturated rings. The van der Waals surface area contributed by atoms with Gasteiger partial charge in [-0.05, 0) is 35.6 Å². The quantitative estimate of drug-likeness (QED) is 0.865. The van der Waals surface area contributed by atoms with Crippen LogP contribution in [0.2, 0.25) is 0 Å². The summed E-state index contributed by atoms with van der Waals surface area (Å²) in [7, 11) is 0. The predicted octanol–water partition coefficient (Wildman–Crippen LogP) is 3.21. The highest BCUT2D eigenvalue weighted by Crippen LogP contribution is 2.32. The van der Waals surface area contributed by atoms with Crippen molar-refractivity contribution in [1.29, 1.82) is 0 Å². The van der Waals surface area contributed by atoms with Crippen molar-refractivity contribution in [2.75, 3.05) is 5.75 Å². The molecule has 2 aliphatic rings. The number of allylic oxidation sites excluding steroid dienone is 1. The van der Waals surface area contributed by atoms with Crippen LogP contribution < -0.4 is 5.32 Å². The van der Waals surface area contributed by atoms with Gasteiger partial charge < -0.3 is 10.1 Å². The van der Waals surface area contributed by atoms with Gasteiger partial charge in [-0.1, -0.05) is 30.3 Å². The molecule has 0 spiro atoms. The molecule has 1 N–H and O–H groups in total. The molecule has 0 radical (unpaired) electrons. The highest BCUT2D eigenvalue weighted by molar-refractivity contribution is 8.02. The molecule has 4 nitrogen and oxygen atoms in total. The smallest absolute Gasteiger partial charge is 0.341 e. The first-order valence-electron chi connectivity index (χ1n) is 7.63. The van der Waals surface area contributed by atoms with Crippen LogP contribution >= 0.6 is 11.8 Å². The second kappa shape index (κ2) is 6.62. The zero-order chi connectivity index (χ0) is 16.4. The molecule has 23 heavy (non-hydrogen) atoms. The van der Waals surface area contributed by atoms with E-state index in [0.717, 1.165) is 23.3 Å². The Labute approximate surface area is 140 Å². The van der Waals surface area contributed by atoms with Crippen LogP contribution in [0.4, 0.5) is 0 Å². The van der Waals surface area contributed by atoms with Gasteiger partial charge in [-0.3, -0.25) is 4.79 Å². The minimum Gasteiger partial charge on any atom is -0.434 e. The van der Waals surface area contributed by atoms with Crippen molar-refractivity contribution in [3.8, 4) is 0 Å². The molecule has 120 valence electrons. The van der Waals surface area contributed by atoms with Gasteiger partial charge in [0.2, 0.25) is 5.91 Å². The summed E-state index contributed by atoms with van der Waals surface area (Å²) in [5.74, 6) is 0.976. The highest BCUT2D eigenvalue weighted by atomic mass is 32.2. The number of cyclic esters (lactones) is 1. The van der Waals surface area contributed by atoms with Crippen LogP contribution in [0.3, 0.4) is 0 Å². The fraction of sp³-hybridized carbons (Fsp3) is 0.333. The third-order valence-electron chi connectivity index (χ3n) is 4.13. The average Bonchev–Trinajstić information content (AvgIpc) is 2.82. The van der Waals surface area contributed by atoms with Crippen molar-refractivity contribution in [1.82, 2.24) is 5.32 Å². The average molecular weight is 329 g/mol. The number of carbonyl (C=O) groups excluding carboxylic acids is 2. The van der Waals surface area contributed by atoms with E-state index in [4.69, 9.17) is 4.74 Å². The third kappa shape index (κ3) is 3.34. The number of rotatable bonds is 3. The molecule has 5 heteroatoms. The van der Waals surface area contributed by atoms with Gasteiger partial charge in [0.25, 0.3) is 0 Å². The van der Waals surface area contributed by atoms with E-state index in [1.807, 2.05) is 30.8 Å². The van der Waals surface area contributed by atoms with Gasteiger partial charge in [-0.15, -0.1) is 11.8 Å². The van der Waals surface area contributed by atoms with Crippen LogP contribution in [0, 0.1) is 0 Å². The number of benzene rings is 1. The summed E-state index contributed by atoms with van der Waals surface area (Å²) in [6.45, 7) is 3.22. The summed E-state index contributed by atoms with van der Waals surface area (Å²) in [6, 6.07) is 8.06. The van der Waals surface area contributed by atoms with Gasteiger partial charge in [0.1, 0.15) is 0 Å². The number of thioether (sulfide) groups is 1. The SMILES string of the molecule is CC(=O)N[C@@H]1OC(=O)C(c2ccc(C3C=CSCC3)cc2)=C1C. The molecule has 2 atom stereocenters. The van der Waals surface area contributed by atoms with E-state index < -0.39 is 6.23 Å². The van der Waals surface area contributed by atoms with Gasteiger partial charge in [0.15, 0.2) is 6.23 Å². The van der Waals surface area contributed by atoms with Crippen LogP contribution in [-0.4, -0.2) is 23.9 Å². The lowest BCUT2D eigenvalue weighted by molar-refractivity contribution is -0.140. The molecule has 2 aliphatic heterocycles. The first-order valence-corrected chi connectivity index (χ1v) is 8.68. The Morgan fingerprint density at radius 3 is 2.65 bits per heavy atom. The Hall–Kier alpha value is -2.01. The number of esters is 1. The number of ether oxygens (including phenoxy) is 1. The Balaban J connectivity index is 1.84. The minimum absolute atomic E-state index is 0.222. The van der Waals surface area contributed by atoms with Crippen LogP contribution in [-0.2, 0) is 14.3 Å². The van der Waals surface area contributed by atoms with Gasteiger partial charge in [0, 0.05) is 18.4 Å². The molecule has 1 amide bonds. The normalized spacial score (nSPS) is 23.8. The monoisotopic (exact) mass is 329 g/mol. The van der Waals surface area contributed by atoms with E-state index in [0.29, 0.717) is 11.5 Å². The third-order valence-corrected chi connectivity index (χ3v) is 4.95. The van der Waals surface area contributed by atoms with E-state index in [9.17, 15) is 9.59 Å². The fourth-order valence-corrected chi connectivity index (χ4v) is 3.73. The van der Waals surface area contributed by atoms with E-state index in [-0.39, 0.29) is 11.9 Å². The predicted molar refractivity (Wildman–Crippen MR) is 91.7 cm³/mol. The first kappa shape index (κ1) is 15.9. The number of carbonyl (C=O) groups is 2. The molecular weight excluding hydrogens is 310 g/mol. The molecule has 3 rings (SSSR count). The molecule has 2 heterocycles. The van der Waals surface area contributed by atoms with E-state index in [1.165, 1.54) is 12.5 Å². The maximum Gasteiger partial charge on any atom is 0.341 e. The molecule has 0 aromatic heterocycles. The maximum atomic E-state index is 12.1. The van der Waals surface area contributed by atoms with Crippen molar-refractivity contribution in [3.63, 3.8) is 0 Å². The van der Waals surface area contributed by atoms with Gasteiger partial charge in [-0.2, -0.15) is 0 Å². The lowest BCUT2D eigenvalue weighted by Crippen LogP contribution is -2.34. The van der Waals surface area contributed by atoms with Crippen molar-refractivity contribution in [2.24, 2.45) is 0 Å². The Kier molecular flexibility index (Phi) is 4.57. The molecule has 1 aromatic carbocycles. The number of amides is 1. The number of hydrogen-bond donors (Lipinski definition) is 1. The number of nitrogens with one attached hydrogen (secondary N) is 1. The molecule has 0 saturated heterocycles. The van der Waals surface area contributed by atoms with Crippen LogP contribution in [0.15, 0.2) is 41.3 Å². The minimum atomic E-state index is -0.659. The summed E-state index contributed by atoms with van der Waals surface area (Å²) in [5, 5.41) is 4.79. The Morgan fingerprint density at radius 2 is 2.04 bits per heavy atom. The lowest BCUT2D eigenvalue weighted by Gasteiger charge is -2.16. The van der Waals surface area contributed by atoms with Gasteiger partial charge in [0.05, 0.1) is 5.57 Å². The van der Waals surface area contributed by atoms with Gasteiger partial charge in [-0.25, -0.2) is 4.79 Å². The first-order chi connectivity index (χ1) is 11.1. The zero-order valence-corrected chi connectivity index (χ0v) is 14.0. The van der Waals surface area contributed by atoms with Crippen molar-refractivity contribution in [3.05, 3.63) is 52.4 Å². The highest BCUT2D eigenvalue weighted by Gasteiger charge is 2.32. The van der Waals surface area contributed by atoms with E-state index >= 15 is 0 Å². The molecule has 0 bridgehead atoms. The van der Waals surface area contributed by atoms with Crippen LogP contribution in [0.1, 0.15) is 37.3 Å². The summed E-state index contributed by atoms with van der Waals surface area (Å²) in [5.41, 5.74) is 3.38. The topological polar surface area (TPSA) is 55.4 Å². The van der Waals surface area contributed by atoms with Gasteiger partial charge >= 0.3 is 5.97 Å². The van der Waals surface area contributed by atoms with E-state index in [2.05, 4.69) is 28.9 Å². The lowest BCUT2D eigenvalue weighted by atomic mass is 9.93. The number of hydrogen-bond acceptors (Lipinski definition) is 4. The summed E-state index contributed by atoms with van der Waals surface area (Å²) in [6.07, 6.45) is 2.70. The Morgan fingerprint density at radius 1 is 1.30 bits per heavy atom.